The van der Waals surface area contributed by atoms with E-state index in [4.69, 9.17) is 4.74 Å². The fraction of sp³-hybridized carbons (Fsp3) is 0.455. The van der Waals surface area contributed by atoms with Crippen LogP contribution in [0.2, 0.25) is 0 Å². The fourth-order valence-corrected chi connectivity index (χ4v) is 1.94. The maximum atomic E-state index is 12.8. The van der Waals surface area contributed by atoms with Gasteiger partial charge in [-0.2, -0.15) is 13.2 Å². The average Bonchev–Trinajstić information content (AvgIpc) is 2.13. The van der Waals surface area contributed by atoms with Crippen LogP contribution < -0.4 is 4.74 Å². The van der Waals surface area contributed by atoms with E-state index in [1.165, 1.54) is 19.9 Å². The van der Waals surface area contributed by atoms with Gasteiger partial charge in [-0.3, -0.25) is 0 Å². The third-order valence-electron chi connectivity index (χ3n) is 2.22. The van der Waals surface area contributed by atoms with Crippen molar-refractivity contribution in [1.82, 2.24) is 0 Å². The molecule has 0 aliphatic rings. The van der Waals surface area contributed by atoms with Crippen LogP contribution in [0.4, 0.5) is 13.2 Å². The molecular formula is C11H12BrF3O2. The molecule has 1 rings (SSSR count). The van der Waals surface area contributed by atoms with E-state index in [-0.39, 0.29) is 15.8 Å². The van der Waals surface area contributed by atoms with Gasteiger partial charge in [0.15, 0.2) is 0 Å². The Bertz CT molecular complexity index is 387. The number of rotatable bonds is 2. The van der Waals surface area contributed by atoms with E-state index in [0.717, 1.165) is 13.2 Å². The second-order valence-electron chi connectivity index (χ2n) is 4.09. The van der Waals surface area contributed by atoms with Gasteiger partial charge < -0.3 is 9.84 Å². The molecular weight excluding hydrogens is 301 g/mol. The van der Waals surface area contributed by atoms with Crippen LogP contribution >= 0.6 is 15.9 Å². The summed E-state index contributed by atoms with van der Waals surface area (Å²) >= 11 is 2.99. The molecule has 0 amide bonds. The Hall–Kier alpha value is -0.750. The zero-order chi connectivity index (χ0) is 13.4. The molecule has 0 saturated heterocycles. The lowest BCUT2D eigenvalue weighted by Gasteiger charge is -2.24. The minimum Gasteiger partial charge on any atom is -0.496 e. The summed E-state index contributed by atoms with van der Waals surface area (Å²) in [7, 11) is 1.15. The SMILES string of the molecule is COc1c(C(C)(C)O)cc(Br)cc1C(F)(F)F. The average molecular weight is 313 g/mol. The van der Waals surface area contributed by atoms with Gasteiger partial charge in [-0.05, 0) is 26.0 Å². The zero-order valence-electron chi connectivity index (χ0n) is 9.52. The Morgan fingerprint density at radius 2 is 1.65 bits per heavy atom. The lowest BCUT2D eigenvalue weighted by atomic mass is 9.95. The van der Waals surface area contributed by atoms with Crippen LogP contribution in [0.1, 0.15) is 25.0 Å². The van der Waals surface area contributed by atoms with Crippen molar-refractivity contribution in [2.75, 3.05) is 7.11 Å². The second-order valence-corrected chi connectivity index (χ2v) is 5.01. The predicted octanol–water partition coefficient (Wildman–Crippen LogP) is 3.70. The van der Waals surface area contributed by atoms with Gasteiger partial charge in [0.05, 0.1) is 18.3 Å². The first kappa shape index (κ1) is 14.3. The lowest BCUT2D eigenvalue weighted by Crippen LogP contribution is -2.19. The van der Waals surface area contributed by atoms with Crippen LogP contribution in [0.3, 0.4) is 0 Å². The van der Waals surface area contributed by atoms with Crippen molar-refractivity contribution in [3.05, 3.63) is 27.7 Å². The van der Waals surface area contributed by atoms with Gasteiger partial charge in [0.1, 0.15) is 5.75 Å². The topological polar surface area (TPSA) is 29.5 Å². The first-order valence-corrected chi connectivity index (χ1v) is 5.54. The molecule has 0 unspecified atom stereocenters. The third kappa shape index (κ3) is 3.13. The third-order valence-corrected chi connectivity index (χ3v) is 2.68. The molecule has 1 aromatic rings. The summed E-state index contributed by atoms with van der Waals surface area (Å²) in [4.78, 5) is 0. The summed E-state index contributed by atoms with van der Waals surface area (Å²) in [5.74, 6) is -0.354. The van der Waals surface area contributed by atoms with Crippen molar-refractivity contribution in [3.63, 3.8) is 0 Å². The number of benzene rings is 1. The Labute approximate surface area is 106 Å². The largest absolute Gasteiger partial charge is 0.496 e. The lowest BCUT2D eigenvalue weighted by molar-refractivity contribution is -0.139. The summed E-state index contributed by atoms with van der Waals surface area (Å²) < 4.78 is 43.4. The van der Waals surface area contributed by atoms with E-state index in [0.29, 0.717) is 0 Å². The normalized spacial score (nSPS) is 12.7. The van der Waals surface area contributed by atoms with E-state index in [2.05, 4.69) is 15.9 Å². The Morgan fingerprint density at radius 3 is 2.00 bits per heavy atom. The molecule has 0 spiro atoms. The van der Waals surface area contributed by atoms with Crippen LogP contribution in [0.15, 0.2) is 16.6 Å². The van der Waals surface area contributed by atoms with Gasteiger partial charge >= 0.3 is 6.18 Å². The van der Waals surface area contributed by atoms with E-state index >= 15 is 0 Å². The monoisotopic (exact) mass is 312 g/mol. The van der Waals surface area contributed by atoms with Crippen molar-refractivity contribution in [2.45, 2.75) is 25.6 Å². The molecule has 0 saturated carbocycles. The first-order chi connectivity index (χ1) is 7.57. The molecule has 0 atom stereocenters. The van der Waals surface area contributed by atoms with Crippen molar-refractivity contribution in [2.24, 2.45) is 0 Å². The second kappa shape index (κ2) is 4.49. The molecule has 1 N–H and O–H groups in total. The fourth-order valence-electron chi connectivity index (χ4n) is 1.48. The predicted molar refractivity (Wildman–Crippen MR) is 60.9 cm³/mol. The number of methoxy groups -OCH3 is 1. The van der Waals surface area contributed by atoms with Gasteiger partial charge in [-0.1, -0.05) is 15.9 Å². The summed E-state index contributed by atoms with van der Waals surface area (Å²) in [6.45, 7) is 2.80. The smallest absolute Gasteiger partial charge is 0.420 e. The summed E-state index contributed by atoms with van der Waals surface area (Å²) in [6.07, 6.45) is -4.53. The standard InChI is InChI=1S/C11H12BrF3O2/c1-10(2,16)7-4-6(12)5-8(9(7)17-3)11(13,14)15/h4-5,16H,1-3H3. The summed E-state index contributed by atoms with van der Waals surface area (Å²) in [6, 6.07) is 2.34. The van der Waals surface area contributed by atoms with Gasteiger partial charge in [0.2, 0.25) is 0 Å². The molecule has 2 nitrogen and oxygen atoms in total. The van der Waals surface area contributed by atoms with Crippen molar-refractivity contribution >= 4 is 15.9 Å². The molecule has 0 fully saturated rings. The van der Waals surface area contributed by atoms with E-state index in [9.17, 15) is 18.3 Å². The molecule has 0 aliphatic heterocycles. The Morgan fingerprint density at radius 1 is 1.18 bits per heavy atom. The van der Waals surface area contributed by atoms with E-state index in [1.54, 1.807) is 0 Å². The number of ether oxygens (including phenoxy) is 1. The number of hydrogen-bond donors (Lipinski definition) is 1. The van der Waals surface area contributed by atoms with Gasteiger partial charge in [0.25, 0.3) is 0 Å². The molecule has 0 bridgehead atoms. The highest BCUT2D eigenvalue weighted by Gasteiger charge is 2.37. The minimum atomic E-state index is -4.53. The van der Waals surface area contributed by atoms with E-state index < -0.39 is 17.3 Å². The van der Waals surface area contributed by atoms with Gasteiger partial charge in [-0.25, -0.2) is 0 Å². The quantitative estimate of drug-likeness (QED) is 0.902. The Kier molecular flexibility index (Phi) is 3.78. The molecule has 0 radical (unpaired) electrons. The molecule has 1 aromatic carbocycles. The highest BCUT2D eigenvalue weighted by Crippen LogP contribution is 2.43. The van der Waals surface area contributed by atoms with Crippen molar-refractivity contribution in [3.8, 4) is 5.75 Å². The number of hydrogen-bond acceptors (Lipinski definition) is 2. The molecule has 0 aromatic heterocycles. The highest BCUT2D eigenvalue weighted by molar-refractivity contribution is 9.10. The number of aliphatic hydroxyl groups is 1. The van der Waals surface area contributed by atoms with Crippen LogP contribution in [-0.2, 0) is 11.8 Å². The minimum absolute atomic E-state index is 0.0849. The molecule has 0 heterocycles. The van der Waals surface area contributed by atoms with Crippen LogP contribution in [0, 0.1) is 0 Å². The summed E-state index contributed by atoms with van der Waals surface area (Å²) in [5, 5.41) is 9.85. The van der Waals surface area contributed by atoms with Gasteiger partial charge in [-0.15, -0.1) is 0 Å². The maximum Gasteiger partial charge on any atom is 0.420 e. The molecule has 0 aliphatic carbocycles. The van der Waals surface area contributed by atoms with Crippen molar-refractivity contribution in [1.29, 1.82) is 0 Å². The van der Waals surface area contributed by atoms with E-state index in [1.807, 2.05) is 0 Å². The number of halogens is 4. The highest BCUT2D eigenvalue weighted by atomic mass is 79.9. The molecule has 96 valence electrons. The Balaban J connectivity index is 3.58. The maximum absolute atomic E-state index is 12.8. The zero-order valence-corrected chi connectivity index (χ0v) is 11.1. The molecule has 6 heteroatoms. The van der Waals surface area contributed by atoms with Crippen LogP contribution in [-0.4, -0.2) is 12.2 Å². The van der Waals surface area contributed by atoms with Crippen LogP contribution in [0.25, 0.3) is 0 Å². The number of alkyl halides is 3. The van der Waals surface area contributed by atoms with Gasteiger partial charge in [0, 0.05) is 10.0 Å². The van der Waals surface area contributed by atoms with Crippen LogP contribution in [0.5, 0.6) is 5.75 Å². The summed E-state index contributed by atoms with van der Waals surface area (Å²) in [5.41, 5.74) is -2.25. The first-order valence-electron chi connectivity index (χ1n) is 4.75. The van der Waals surface area contributed by atoms with Crippen molar-refractivity contribution < 1.29 is 23.0 Å². The molecule has 17 heavy (non-hydrogen) atoms.